The smallest absolute Gasteiger partial charge is 0.243 e. The van der Waals surface area contributed by atoms with Crippen molar-refractivity contribution in [2.45, 2.75) is 31.2 Å². The van der Waals surface area contributed by atoms with Gasteiger partial charge in [-0.15, -0.1) is 0 Å². The normalized spacial score (nSPS) is 16.9. The number of anilines is 2. The van der Waals surface area contributed by atoms with Crippen LogP contribution in [0.1, 0.15) is 18.9 Å². The molecule has 0 aromatic heterocycles. The molecule has 1 aliphatic heterocycles. The zero-order valence-corrected chi connectivity index (χ0v) is 17.9. The molecule has 0 radical (unpaired) electrons. The highest BCUT2D eigenvalue weighted by Crippen LogP contribution is 2.31. The van der Waals surface area contributed by atoms with E-state index in [9.17, 15) is 18.0 Å². The number of likely N-dealkylation sites (N-methyl/N-ethyl adjacent to an activating group) is 1. The van der Waals surface area contributed by atoms with Gasteiger partial charge in [-0.3, -0.25) is 9.59 Å². The van der Waals surface area contributed by atoms with E-state index in [1.54, 1.807) is 44.2 Å². The molecule has 7 nitrogen and oxygen atoms in total. The van der Waals surface area contributed by atoms with Gasteiger partial charge >= 0.3 is 0 Å². The number of halogens is 1. The van der Waals surface area contributed by atoms with Crippen LogP contribution in [0, 0.1) is 6.92 Å². The first-order valence-corrected chi connectivity index (χ1v) is 10.9. The van der Waals surface area contributed by atoms with Gasteiger partial charge in [0.15, 0.2) is 0 Å². The van der Waals surface area contributed by atoms with Crippen molar-refractivity contribution in [3.63, 3.8) is 0 Å². The maximum Gasteiger partial charge on any atom is 0.243 e. The molecule has 2 amide bonds. The van der Waals surface area contributed by atoms with Gasteiger partial charge in [-0.1, -0.05) is 23.7 Å². The third-order valence-electron chi connectivity index (χ3n) is 4.81. The minimum Gasteiger partial charge on any atom is -0.324 e. The highest BCUT2D eigenvalue weighted by atomic mass is 35.5. The van der Waals surface area contributed by atoms with Crippen molar-refractivity contribution in [1.82, 2.24) is 4.31 Å². The second-order valence-electron chi connectivity index (χ2n) is 7.05. The number of para-hydroxylation sites is 2. The molecule has 0 bridgehead atoms. The molecule has 0 spiro atoms. The second-order valence-corrected chi connectivity index (χ2v) is 9.50. The molecule has 154 valence electrons. The van der Waals surface area contributed by atoms with Gasteiger partial charge in [-0.25, -0.2) is 8.42 Å². The van der Waals surface area contributed by atoms with Crippen LogP contribution in [0.5, 0.6) is 0 Å². The molecule has 9 heteroatoms. The third-order valence-corrected chi connectivity index (χ3v) is 7.01. The van der Waals surface area contributed by atoms with Gasteiger partial charge in [0, 0.05) is 24.5 Å². The van der Waals surface area contributed by atoms with E-state index in [-0.39, 0.29) is 23.8 Å². The van der Waals surface area contributed by atoms with E-state index in [4.69, 9.17) is 11.6 Å². The minimum absolute atomic E-state index is 0.0957. The Hall–Kier alpha value is -2.42. The predicted octanol–water partition coefficient (Wildman–Crippen LogP) is 3.03. The summed E-state index contributed by atoms with van der Waals surface area (Å²) in [6.45, 7) is 3.05. The summed E-state index contributed by atoms with van der Waals surface area (Å²) in [6.07, 6.45) is 0.118. The molecule has 3 rings (SSSR count). The zero-order valence-electron chi connectivity index (χ0n) is 16.3. The van der Waals surface area contributed by atoms with Gasteiger partial charge in [0.25, 0.3) is 0 Å². The molecule has 29 heavy (non-hydrogen) atoms. The van der Waals surface area contributed by atoms with Crippen LogP contribution in [-0.2, 0) is 19.6 Å². The zero-order chi connectivity index (χ0) is 21.3. The van der Waals surface area contributed by atoms with E-state index in [2.05, 4.69) is 5.32 Å². The van der Waals surface area contributed by atoms with Gasteiger partial charge in [-0.2, -0.15) is 4.31 Å². The van der Waals surface area contributed by atoms with Crippen LogP contribution in [0.25, 0.3) is 0 Å². The molecular weight excluding hydrogens is 414 g/mol. The standard InChI is InChI=1S/C20H22ClN3O4S/c1-13-10-15(21)8-9-18(13)29(27,28)23(3)12-20(26)24-14(2)11-19(25)22-16-6-4-5-7-17(16)24/h4-10,14H,11-12H2,1-3H3,(H,22,25). The van der Waals surface area contributed by atoms with Crippen molar-refractivity contribution < 1.29 is 18.0 Å². The molecular formula is C20H22ClN3O4S. The Balaban J connectivity index is 1.90. The van der Waals surface area contributed by atoms with Crippen LogP contribution in [0.3, 0.4) is 0 Å². The van der Waals surface area contributed by atoms with Crippen LogP contribution in [0.4, 0.5) is 11.4 Å². The summed E-state index contributed by atoms with van der Waals surface area (Å²) in [5, 5.41) is 3.22. The lowest BCUT2D eigenvalue weighted by Gasteiger charge is -2.29. The summed E-state index contributed by atoms with van der Waals surface area (Å²) < 4.78 is 27.0. The van der Waals surface area contributed by atoms with Crippen molar-refractivity contribution in [2.75, 3.05) is 23.8 Å². The Morgan fingerprint density at radius 2 is 1.97 bits per heavy atom. The van der Waals surface area contributed by atoms with Crippen LogP contribution < -0.4 is 10.2 Å². The quantitative estimate of drug-likeness (QED) is 0.799. The average molecular weight is 436 g/mol. The lowest BCUT2D eigenvalue weighted by molar-refractivity contribution is -0.119. The first kappa shape index (κ1) is 21.3. The SMILES string of the molecule is Cc1cc(Cl)ccc1S(=O)(=O)N(C)CC(=O)N1c2ccccc2NC(=O)CC1C. The van der Waals surface area contributed by atoms with Crippen molar-refractivity contribution >= 4 is 44.8 Å². The topological polar surface area (TPSA) is 86.8 Å². The largest absolute Gasteiger partial charge is 0.324 e. The lowest BCUT2D eigenvalue weighted by Crippen LogP contribution is -2.45. The fourth-order valence-corrected chi connectivity index (χ4v) is 4.94. The van der Waals surface area contributed by atoms with Crippen LogP contribution in [-0.4, -0.2) is 44.2 Å². The van der Waals surface area contributed by atoms with E-state index in [0.717, 1.165) is 4.31 Å². The van der Waals surface area contributed by atoms with Crippen LogP contribution >= 0.6 is 11.6 Å². The Bertz CT molecular complexity index is 1070. The molecule has 2 aromatic carbocycles. The van der Waals surface area contributed by atoms with Crippen molar-refractivity contribution in [1.29, 1.82) is 0 Å². The highest BCUT2D eigenvalue weighted by Gasteiger charge is 2.32. The molecule has 1 atom stereocenters. The number of aryl methyl sites for hydroxylation is 1. The van der Waals surface area contributed by atoms with E-state index in [0.29, 0.717) is 22.0 Å². The molecule has 1 aliphatic rings. The predicted molar refractivity (Wildman–Crippen MR) is 113 cm³/mol. The monoisotopic (exact) mass is 435 g/mol. The van der Waals surface area contributed by atoms with Gasteiger partial charge in [0.05, 0.1) is 22.8 Å². The molecule has 1 unspecified atom stereocenters. The van der Waals surface area contributed by atoms with E-state index in [1.165, 1.54) is 24.1 Å². The molecule has 0 saturated carbocycles. The highest BCUT2D eigenvalue weighted by molar-refractivity contribution is 7.89. The number of nitrogens with one attached hydrogen (secondary N) is 1. The van der Waals surface area contributed by atoms with Crippen LogP contribution in [0.2, 0.25) is 5.02 Å². The first-order chi connectivity index (χ1) is 13.6. The fraction of sp³-hybridized carbons (Fsp3) is 0.300. The molecule has 0 aliphatic carbocycles. The van der Waals surface area contributed by atoms with Gasteiger partial charge < -0.3 is 10.2 Å². The van der Waals surface area contributed by atoms with E-state index < -0.39 is 22.0 Å². The summed E-state index contributed by atoms with van der Waals surface area (Å²) >= 11 is 5.92. The number of carbonyl (C=O) groups excluding carboxylic acids is 2. The number of fused-ring (bicyclic) bond motifs is 1. The van der Waals surface area contributed by atoms with Crippen molar-refractivity contribution in [3.8, 4) is 0 Å². The van der Waals surface area contributed by atoms with Crippen LogP contribution in [0.15, 0.2) is 47.4 Å². The van der Waals surface area contributed by atoms with Crippen molar-refractivity contribution in [3.05, 3.63) is 53.1 Å². The first-order valence-electron chi connectivity index (χ1n) is 9.04. The fourth-order valence-electron chi connectivity index (χ4n) is 3.39. The summed E-state index contributed by atoms with van der Waals surface area (Å²) in [6, 6.07) is 11.0. The summed E-state index contributed by atoms with van der Waals surface area (Å²) in [4.78, 5) is 26.8. The molecule has 1 heterocycles. The number of amides is 2. The van der Waals surface area contributed by atoms with Crippen molar-refractivity contribution in [2.24, 2.45) is 0 Å². The Morgan fingerprint density at radius 1 is 1.28 bits per heavy atom. The number of sulfonamides is 1. The summed E-state index contributed by atoms with van der Waals surface area (Å²) in [5.41, 5.74) is 1.57. The number of carbonyl (C=O) groups is 2. The molecule has 2 aromatic rings. The maximum atomic E-state index is 13.1. The molecule has 0 fully saturated rings. The minimum atomic E-state index is -3.89. The lowest BCUT2D eigenvalue weighted by atomic mass is 10.1. The summed E-state index contributed by atoms with van der Waals surface area (Å²) in [7, 11) is -2.53. The van der Waals surface area contributed by atoms with Gasteiger partial charge in [0.2, 0.25) is 21.8 Å². The average Bonchev–Trinajstić information content (AvgIpc) is 2.75. The van der Waals surface area contributed by atoms with Gasteiger partial charge in [-0.05, 0) is 49.7 Å². The van der Waals surface area contributed by atoms with E-state index in [1.807, 2.05) is 0 Å². The number of hydrogen-bond acceptors (Lipinski definition) is 4. The third kappa shape index (κ3) is 4.29. The Labute approximate surface area is 175 Å². The van der Waals surface area contributed by atoms with Gasteiger partial charge in [0.1, 0.15) is 0 Å². The number of hydrogen-bond donors (Lipinski definition) is 1. The number of nitrogens with zero attached hydrogens (tertiary/aromatic N) is 2. The molecule has 1 N–H and O–H groups in total. The maximum absolute atomic E-state index is 13.1. The Kier molecular flexibility index (Phi) is 5.97. The summed E-state index contributed by atoms with van der Waals surface area (Å²) in [5.74, 6) is -0.614. The Morgan fingerprint density at radius 3 is 2.66 bits per heavy atom. The number of rotatable bonds is 4. The second kappa shape index (κ2) is 8.14. The van der Waals surface area contributed by atoms with E-state index >= 15 is 0 Å². The molecule has 0 saturated heterocycles. The number of benzene rings is 2.